The molecule has 0 spiro atoms. The average Bonchev–Trinajstić information content (AvgIpc) is 2.28. The van der Waals surface area contributed by atoms with Crippen molar-refractivity contribution in [2.75, 3.05) is 5.32 Å². The van der Waals surface area contributed by atoms with Crippen LogP contribution < -0.4 is 5.32 Å². The first-order valence-electron chi connectivity index (χ1n) is 5.76. The molecule has 18 heavy (non-hydrogen) atoms. The zero-order valence-corrected chi connectivity index (χ0v) is 11.2. The predicted molar refractivity (Wildman–Crippen MR) is 69.5 cm³/mol. The van der Waals surface area contributed by atoms with Crippen molar-refractivity contribution in [3.05, 3.63) is 40.4 Å². The second-order valence-electron chi connectivity index (χ2n) is 4.34. The maximum Gasteiger partial charge on any atom is 0.416 e. The fraction of sp³-hybridized carbons (Fsp3) is 0.385. The molecule has 98 valence electrons. The highest BCUT2D eigenvalue weighted by atomic mass is 79.9. The number of alkyl halides is 3. The molecule has 1 aliphatic rings. The molecule has 1 aromatic carbocycles. The lowest BCUT2D eigenvalue weighted by Crippen LogP contribution is -2.19. The molecule has 0 radical (unpaired) electrons. The van der Waals surface area contributed by atoms with Crippen LogP contribution in [-0.2, 0) is 6.18 Å². The highest BCUT2D eigenvalue weighted by Crippen LogP contribution is 2.33. The molecule has 1 unspecified atom stereocenters. The second kappa shape index (κ2) is 5.34. The van der Waals surface area contributed by atoms with E-state index in [1.807, 2.05) is 6.08 Å². The molecule has 1 aliphatic carbocycles. The van der Waals surface area contributed by atoms with Gasteiger partial charge in [-0.25, -0.2) is 0 Å². The summed E-state index contributed by atoms with van der Waals surface area (Å²) in [5.41, 5.74) is -0.146. The maximum atomic E-state index is 12.7. The molecule has 1 atom stereocenters. The zero-order chi connectivity index (χ0) is 13.2. The lowest BCUT2D eigenvalue weighted by Gasteiger charge is -2.20. The van der Waals surface area contributed by atoms with E-state index in [0.717, 1.165) is 31.4 Å². The van der Waals surface area contributed by atoms with E-state index in [0.29, 0.717) is 10.2 Å². The van der Waals surface area contributed by atoms with Gasteiger partial charge in [0.25, 0.3) is 0 Å². The van der Waals surface area contributed by atoms with Crippen LogP contribution in [0.25, 0.3) is 0 Å². The lowest BCUT2D eigenvalue weighted by atomic mass is 10.0. The summed E-state index contributed by atoms with van der Waals surface area (Å²) in [6.07, 6.45) is 2.81. The molecule has 0 aromatic heterocycles. The number of halogens is 4. The second-order valence-corrected chi connectivity index (χ2v) is 5.25. The molecule has 1 aromatic rings. The fourth-order valence-electron chi connectivity index (χ4n) is 1.98. The number of anilines is 1. The van der Waals surface area contributed by atoms with Crippen LogP contribution in [0.3, 0.4) is 0 Å². The highest BCUT2D eigenvalue weighted by Gasteiger charge is 2.31. The summed E-state index contributed by atoms with van der Waals surface area (Å²) < 4.78 is 38.4. The number of hydrogen-bond acceptors (Lipinski definition) is 1. The minimum Gasteiger partial charge on any atom is -0.379 e. The molecule has 1 N–H and O–H groups in total. The van der Waals surface area contributed by atoms with Crippen molar-refractivity contribution in [1.82, 2.24) is 0 Å². The molecule has 5 heteroatoms. The quantitative estimate of drug-likeness (QED) is 0.757. The van der Waals surface area contributed by atoms with Gasteiger partial charge in [0.15, 0.2) is 0 Å². The molecule has 1 nitrogen and oxygen atoms in total. The molecule has 0 heterocycles. The Morgan fingerprint density at radius 2 is 2.00 bits per heavy atom. The van der Waals surface area contributed by atoms with E-state index in [4.69, 9.17) is 0 Å². The van der Waals surface area contributed by atoms with E-state index < -0.39 is 11.7 Å². The van der Waals surface area contributed by atoms with E-state index in [1.165, 1.54) is 0 Å². The number of allylic oxidation sites excluding steroid dienone is 1. The topological polar surface area (TPSA) is 12.0 Å². The van der Waals surface area contributed by atoms with E-state index in [2.05, 4.69) is 27.3 Å². The van der Waals surface area contributed by atoms with Crippen LogP contribution in [-0.4, -0.2) is 6.04 Å². The Bertz CT molecular complexity index is 454. The summed E-state index contributed by atoms with van der Waals surface area (Å²) in [7, 11) is 0. The number of rotatable bonds is 2. The van der Waals surface area contributed by atoms with Gasteiger partial charge in [0.05, 0.1) is 5.56 Å². The van der Waals surface area contributed by atoms with Gasteiger partial charge in [-0.15, -0.1) is 0 Å². The summed E-state index contributed by atoms with van der Waals surface area (Å²) in [6, 6.07) is 4.02. The Labute approximate surface area is 112 Å². The molecule has 0 saturated carbocycles. The van der Waals surface area contributed by atoms with E-state index in [1.54, 1.807) is 6.07 Å². The Kier molecular flexibility index (Phi) is 4.00. The van der Waals surface area contributed by atoms with Crippen molar-refractivity contribution in [3.63, 3.8) is 0 Å². The van der Waals surface area contributed by atoms with Gasteiger partial charge < -0.3 is 5.32 Å². The monoisotopic (exact) mass is 319 g/mol. The SMILES string of the molecule is FC(F)(F)c1cc(Br)cc(NC2C=CCCC2)c1. The Hall–Kier alpha value is -0.970. The van der Waals surface area contributed by atoms with Gasteiger partial charge in [-0.2, -0.15) is 13.2 Å². The predicted octanol–water partition coefficient (Wildman–Crippen LogP) is 4.99. The first-order chi connectivity index (χ1) is 8.45. The first-order valence-corrected chi connectivity index (χ1v) is 6.55. The molecule has 0 amide bonds. The van der Waals surface area contributed by atoms with Gasteiger partial charge >= 0.3 is 6.18 Å². The third kappa shape index (κ3) is 3.51. The summed E-state index contributed by atoms with van der Waals surface area (Å²) in [5, 5.41) is 3.12. The van der Waals surface area contributed by atoms with Gasteiger partial charge in [0.1, 0.15) is 0 Å². The van der Waals surface area contributed by atoms with Crippen LogP contribution in [0.2, 0.25) is 0 Å². The first kappa shape index (κ1) is 13.5. The van der Waals surface area contributed by atoms with Gasteiger partial charge in [0.2, 0.25) is 0 Å². The Morgan fingerprint density at radius 3 is 2.61 bits per heavy atom. The summed E-state index contributed by atoms with van der Waals surface area (Å²) in [6.45, 7) is 0. The molecule has 0 bridgehead atoms. The standard InChI is InChI=1S/C13H13BrF3N/c14-10-6-9(13(15,16)17)7-12(8-10)18-11-4-2-1-3-5-11/h2,4,6-8,11,18H,1,3,5H2. The smallest absolute Gasteiger partial charge is 0.379 e. The molecule has 0 fully saturated rings. The van der Waals surface area contributed by atoms with Gasteiger partial charge in [-0.05, 0) is 37.5 Å². The van der Waals surface area contributed by atoms with Gasteiger partial charge in [0, 0.05) is 16.2 Å². The van der Waals surface area contributed by atoms with E-state index >= 15 is 0 Å². The van der Waals surface area contributed by atoms with Crippen LogP contribution in [0.15, 0.2) is 34.8 Å². The average molecular weight is 320 g/mol. The van der Waals surface area contributed by atoms with Crippen molar-refractivity contribution in [2.24, 2.45) is 0 Å². The molecule has 2 rings (SSSR count). The van der Waals surface area contributed by atoms with Crippen LogP contribution in [0, 0.1) is 0 Å². The van der Waals surface area contributed by atoms with Crippen LogP contribution in [0.5, 0.6) is 0 Å². The Balaban J connectivity index is 2.20. The minimum atomic E-state index is -4.32. The van der Waals surface area contributed by atoms with Gasteiger partial charge in [-0.1, -0.05) is 28.1 Å². The van der Waals surface area contributed by atoms with Gasteiger partial charge in [-0.3, -0.25) is 0 Å². The Morgan fingerprint density at radius 1 is 1.22 bits per heavy atom. The van der Waals surface area contributed by atoms with Crippen molar-refractivity contribution in [1.29, 1.82) is 0 Å². The number of hydrogen-bond donors (Lipinski definition) is 1. The maximum absolute atomic E-state index is 12.7. The molecular weight excluding hydrogens is 307 g/mol. The third-order valence-corrected chi connectivity index (χ3v) is 3.29. The lowest BCUT2D eigenvalue weighted by molar-refractivity contribution is -0.137. The summed E-state index contributed by atoms with van der Waals surface area (Å²) in [5.74, 6) is 0. The normalized spacial score (nSPS) is 19.9. The van der Waals surface area contributed by atoms with Crippen molar-refractivity contribution in [2.45, 2.75) is 31.5 Å². The third-order valence-electron chi connectivity index (χ3n) is 2.83. The van der Waals surface area contributed by atoms with E-state index in [9.17, 15) is 13.2 Å². The van der Waals surface area contributed by atoms with Crippen LogP contribution in [0.4, 0.5) is 18.9 Å². The summed E-state index contributed by atoms with van der Waals surface area (Å²) >= 11 is 3.11. The van der Waals surface area contributed by atoms with Crippen molar-refractivity contribution in [3.8, 4) is 0 Å². The van der Waals surface area contributed by atoms with Crippen molar-refractivity contribution < 1.29 is 13.2 Å². The summed E-state index contributed by atoms with van der Waals surface area (Å²) in [4.78, 5) is 0. The van der Waals surface area contributed by atoms with Crippen molar-refractivity contribution >= 4 is 21.6 Å². The number of benzene rings is 1. The zero-order valence-electron chi connectivity index (χ0n) is 9.60. The van der Waals surface area contributed by atoms with E-state index in [-0.39, 0.29) is 6.04 Å². The molecular formula is C13H13BrF3N. The van der Waals surface area contributed by atoms with Crippen LogP contribution in [0.1, 0.15) is 24.8 Å². The number of nitrogens with one attached hydrogen (secondary N) is 1. The molecule has 0 aliphatic heterocycles. The minimum absolute atomic E-state index is 0.120. The molecule has 0 saturated heterocycles. The fourth-order valence-corrected chi connectivity index (χ4v) is 2.48. The largest absolute Gasteiger partial charge is 0.416 e. The highest BCUT2D eigenvalue weighted by molar-refractivity contribution is 9.10. The van der Waals surface area contributed by atoms with Crippen LogP contribution >= 0.6 is 15.9 Å².